The maximum Gasteiger partial charge on any atom is 0.191 e. The van der Waals surface area contributed by atoms with Gasteiger partial charge in [0.25, 0.3) is 0 Å². The molecule has 1 saturated heterocycles. The van der Waals surface area contributed by atoms with Crippen LogP contribution in [0.15, 0.2) is 47.6 Å². The van der Waals surface area contributed by atoms with E-state index in [0.717, 1.165) is 35.5 Å². The average molecular weight is 358 g/mol. The van der Waals surface area contributed by atoms with Gasteiger partial charge in [-0.2, -0.15) is 0 Å². The van der Waals surface area contributed by atoms with Gasteiger partial charge >= 0.3 is 0 Å². The highest BCUT2D eigenvalue weighted by molar-refractivity contribution is 6.30. The van der Waals surface area contributed by atoms with Crippen molar-refractivity contribution in [2.24, 2.45) is 4.99 Å². The van der Waals surface area contributed by atoms with Crippen molar-refractivity contribution in [3.8, 4) is 0 Å². The molecule has 1 aromatic carbocycles. The molecule has 2 aromatic rings. The normalized spacial score (nSPS) is 14.6. The second kappa shape index (κ2) is 8.72. The third-order valence-electron chi connectivity index (χ3n) is 4.27. The molecule has 0 radical (unpaired) electrons. The molecule has 0 amide bonds. The van der Waals surface area contributed by atoms with Crippen molar-refractivity contribution in [1.82, 2.24) is 15.6 Å². The Hall–Kier alpha value is -2.27. The van der Waals surface area contributed by atoms with Gasteiger partial charge in [0.1, 0.15) is 5.82 Å². The SMILES string of the molecule is CN=C(NCc1cccc(Cl)c1)NCc1ccnc(N2CCCC2)c1. The number of aromatic nitrogens is 1. The third kappa shape index (κ3) is 5.10. The predicted molar refractivity (Wildman–Crippen MR) is 104 cm³/mol. The number of anilines is 1. The van der Waals surface area contributed by atoms with Gasteiger partial charge in [0.15, 0.2) is 5.96 Å². The molecule has 0 aliphatic carbocycles. The first kappa shape index (κ1) is 17.5. The highest BCUT2D eigenvalue weighted by Gasteiger charge is 2.13. The Balaban J connectivity index is 1.53. The summed E-state index contributed by atoms with van der Waals surface area (Å²) < 4.78 is 0. The zero-order valence-electron chi connectivity index (χ0n) is 14.5. The second-order valence-electron chi connectivity index (χ2n) is 6.13. The zero-order chi connectivity index (χ0) is 17.5. The smallest absolute Gasteiger partial charge is 0.191 e. The lowest BCUT2D eigenvalue weighted by Crippen LogP contribution is -2.36. The summed E-state index contributed by atoms with van der Waals surface area (Å²) in [7, 11) is 1.77. The first-order chi connectivity index (χ1) is 12.2. The van der Waals surface area contributed by atoms with Crippen molar-refractivity contribution in [3.05, 3.63) is 58.7 Å². The van der Waals surface area contributed by atoms with Crippen molar-refractivity contribution < 1.29 is 0 Å². The Bertz CT molecular complexity index is 725. The highest BCUT2D eigenvalue weighted by atomic mass is 35.5. The van der Waals surface area contributed by atoms with E-state index in [2.05, 4.69) is 31.6 Å². The molecule has 2 N–H and O–H groups in total. The lowest BCUT2D eigenvalue weighted by Gasteiger charge is -2.17. The van der Waals surface area contributed by atoms with Gasteiger partial charge in [-0.1, -0.05) is 23.7 Å². The van der Waals surface area contributed by atoms with Crippen LogP contribution < -0.4 is 15.5 Å². The van der Waals surface area contributed by atoms with Gasteiger partial charge in [-0.25, -0.2) is 4.98 Å². The van der Waals surface area contributed by atoms with Gasteiger partial charge in [-0.15, -0.1) is 0 Å². The van der Waals surface area contributed by atoms with Crippen LogP contribution in [0, 0.1) is 0 Å². The van der Waals surface area contributed by atoms with Gasteiger partial charge in [0.05, 0.1) is 0 Å². The van der Waals surface area contributed by atoms with Crippen LogP contribution in [-0.4, -0.2) is 31.1 Å². The van der Waals surface area contributed by atoms with Crippen molar-refractivity contribution in [2.45, 2.75) is 25.9 Å². The van der Waals surface area contributed by atoms with Gasteiger partial charge in [-0.3, -0.25) is 4.99 Å². The van der Waals surface area contributed by atoms with Crippen LogP contribution in [0.2, 0.25) is 5.02 Å². The maximum absolute atomic E-state index is 6.02. The van der Waals surface area contributed by atoms with Crippen LogP contribution in [-0.2, 0) is 13.1 Å². The lowest BCUT2D eigenvalue weighted by molar-refractivity contribution is 0.807. The average Bonchev–Trinajstić information content (AvgIpc) is 3.17. The Morgan fingerprint density at radius 1 is 1.12 bits per heavy atom. The fourth-order valence-corrected chi connectivity index (χ4v) is 3.14. The molecule has 0 saturated carbocycles. The quantitative estimate of drug-likeness (QED) is 0.637. The van der Waals surface area contributed by atoms with Crippen molar-refractivity contribution in [2.75, 3.05) is 25.0 Å². The second-order valence-corrected chi connectivity index (χ2v) is 6.56. The molecule has 6 heteroatoms. The number of halogens is 1. The van der Waals surface area contributed by atoms with Crippen molar-refractivity contribution in [1.29, 1.82) is 0 Å². The van der Waals surface area contributed by atoms with E-state index in [1.54, 1.807) is 7.05 Å². The van der Waals surface area contributed by atoms with Gasteiger partial charge < -0.3 is 15.5 Å². The number of nitrogens with one attached hydrogen (secondary N) is 2. The maximum atomic E-state index is 6.02. The molecular weight excluding hydrogens is 334 g/mol. The third-order valence-corrected chi connectivity index (χ3v) is 4.51. The van der Waals surface area contributed by atoms with Gasteiger partial charge in [0.2, 0.25) is 0 Å². The summed E-state index contributed by atoms with van der Waals surface area (Å²) in [6.45, 7) is 3.59. The summed E-state index contributed by atoms with van der Waals surface area (Å²) in [5.41, 5.74) is 2.32. The molecule has 132 valence electrons. The standard InChI is InChI=1S/C19H24ClN5/c1-21-19(23-13-15-5-4-6-17(20)11-15)24-14-16-7-8-22-18(12-16)25-9-2-3-10-25/h4-8,11-12H,2-3,9-10,13-14H2,1H3,(H2,21,23,24). The molecule has 2 heterocycles. The number of benzene rings is 1. The molecule has 1 fully saturated rings. The molecule has 0 bridgehead atoms. The van der Waals surface area contributed by atoms with E-state index in [0.29, 0.717) is 13.1 Å². The number of hydrogen-bond acceptors (Lipinski definition) is 3. The summed E-state index contributed by atoms with van der Waals surface area (Å²) in [6.07, 6.45) is 4.39. The molecule has 0 unspecified atom stereocenters. The van der Waals surface area contributed by atoms with Crippen LogP contribution in [0.5, 0.6) is 0 Å². The molecule has 25 heavy (non-hydrogen) atoms. The fraction of sp³-hybridized carbons (Fsp3) is 0.368. The van der Waals surface area contributed by atoms with Crippen LogP contribution >= 0.6 is 11.6 Å². The Kier molecular flexibility index (Phi) is 6.12. The van der Waals surface area contributed by atoms with Gasteiger partial charge in [0, 0.05) is 44.4 Å². The number of nitrogens with zero attached hydrogens (tertiary/aromatic N) is 3. The van der Waals surface area contributed by atoms with Crippen LogP contribution in [0.25, 0.3) is 0 Å². The first-order valence-corrected chi connectivity index (χ1v) is 9.01. The summed E-state index contributed by atoms with van der Waals surface area (Å²) in [5, 5.41) is 7.40. The van der Waals surface area contributed by atoms with E-state index in [4.69, 9.17) is 11.6 Å². The van der Waals surface area contributed by atoms with Crippen LogP contribution in [0.1, 0.15) is 24.0 Å². The van der Waals surface area contributed by atoms with E-state index in [1.165, 1.54) is 18.4 Å². The highest BCUT2D eigenvalue weighted by Crippen LogP contribution is 2.18. The molecule has 1 aliphatic heterocycles. The van der Waals surface area contributed by atoms with Crippen molar-refractivity contribution in [3.63, 3.8) is 0 Å². The molecule has 0 spiro atoms. The van der Waals surface area contributed by atoms with Crippen LogP contribution in [0.4, 0.5) is 5.82 Å². The summed E-state index contributed by atoms with van der Waals surface area (Å²) in [6, 6.07) is 12.0. The van der Waals surface area contributed by atoms with E-state index in [1.807, 2.05) is 36.5 Å². The molecule has 5 nitrogen and oxygen atoms in total. The zero-order valence-corrected chi connectivity index (χ0v) is 15.3. The Morgan fingerprint density at radius 3 is 2.52 bits per heavy atom. The number of rotatable bonds is 5. The van der Waals surface area contributed by atoms with Crippen LogP contribution in [0.3, 0.4) is 0 Å². The monoisotopic (exact) mass is 357 g/mol. The summed E-state index contributed by atoms with van der Waals surface area (Å²) >= 11 is 6.02. The topological polar surface area (TPSA) is 52.6 Å². The van der Waals surface area contributed by atoms with E-state index < -0.39 is 0 Å². The minimum Gasteiger partial charge on any atom is -0.357 e. The largest absolute Gasteiger partial charge is 0.357 e. The molecule has 1 aromatic heterocycles. The minimum atomic E-state index is 0.676. The minimum absolute atomic E-state index is 0.676. The number of hydrogen-bond donors (Lipinski definition) is 2. The molecule has 3 rings (SSSR count). The number of pyridine rings is 1. The van der Waals surface area contributed by atoms with Crippen molar-refractivity contribution >= 4 is 23.4 Å². The van der Waals surface area contributed by atoms with E-state index in [-0.39, 0.29) is 0 Å². The molecule has 1 aliphatic rings. The number of guanidine groups is 1. The Labute approximate surface area is 154 Å². The number of aliphatic imine (C=N–C) groups is 1. The molecule has 0 atom stereocenters. The lowest BCUT2D eigenvalue weighted by atomic mass is 10.2. The van der Waals surface area contributed by atoms with E-state index in [9.17, 15) is 0 Å². The van der Waals surface area contributed by atoms with Gasteiger partial charge in [-0.05, 0) is 48.2 Å². The fourth-order valence-electron chi connectivity index (χ4n) is 2.93. The first-order valence-electron chi connectivity index (χ1n) is 8.63. The summed E-state index contributed by atoms with van der Waals surface area (Å²) in [4.78, 5) is 11.1. The Morgan fingerprint density at radius 2 is 1.84 bits per heavy atom. The molecular formula is C19H24ClN5. The predicted octanol–water partition coefficient (Wildman–Crippen LogP) is 3.20. The van der Waals surface area contributed by atoms with E-state index >= 15 is 0 Å². The summed E-state index contributed by atoms with van der Waals surface area (Å²) in [5.74, 6) is 1.83.